The summed E-state index contributed by atoms with van der Waals surface area (Å²) >= 11 is 0. The molecule has 0 aliphatic heterocycles. The van der Waals surface area contributed by atoms with Crippen LogP contribution in [-0.2, 0) is 30.8 Å². The van der Waals surface area contributed by atoms with E-state index in [1.165, 1.54) is 22.8 Å². The lowest BCUT2D eigenvalue weighted by atomic mass is 9.87. The van der Waals surface area contributed by atoms with E-state index < -0.39 is 0 Å². The van der Waals surface area contributed by atoms with Gasteiger partial charge < -0.3 is 15.8 Å². The maximum atomic E-state index is 13.8. The van der Waals surface area contributed by atoms with Gasteiger partial charge in [0.2, 0.25) is 5.91 Å². The zero-order chi connectivity index (χ0) is 18.5. The van der Waals surface area contributed by atoms with Crippen LogP contribution in [-0.4, -0.2) is 11.9 Å². The van der Waals surface area contributed by atoms with E-state index in [9.17, 15) is 9.18 Å². The van der Waals surface area contributed by atoms with Crippen molar-refractivity contribution in [3.63, 3.8) is 0 Å². The third-order valence-corrected chi connectivity index (χ3v) is 4.96. The summed E-state index contributed by atoms with van der Waals surface area (Å²) in [6.07, 6.45) is 4.22. The molecule has 4 nitrogen and oxygen atoms in total. The standard InChI is InChI=1S/C21H25FN2O2/c1-14(21(23)25)24-12-15-10-11-20(18-8-4-3-7-17(15)18)26-13-16-6-2-5-9-19(16)22/h2,5-6,9-11,14,24H,3-4,7-8,12-13H2,1H3,(H2,23,25)/t14-/m0/s1. The van der Waals surface area contributed by atoms with Crippen molar-refractivity contribution in [3.05, 3.63) is 64.5 Å². The van der Waals surface area contributed by atoms with Gasteiger partial charge in [-0.1, -0.05) is 24.3 Å². The Morgan fingerprint density at radius 3 is 2.62 bits per heavy atom. The summed E-state index contributed by atoms with van der Waals surface area (Å²) in [6, 6.07) is 10.3. The van der Waals surface area contributed by atoms with Crippen LogP contribution in [0.15, 0.2) is 36.4 Å². The van der Waals surface area contributed by atoms with Gasteiger partial charge in [0.25, 0.3) is 0 Å². The molecule has 0 spiro atoms. The van der Waals surface area contributed by atoms with Crippen molar-refractivity contribution in [1.82, 2.24) is 5.32 Å². The summed E-state index contributed by atoms with van der Waals surface area (Å²) in [4.78, 5) is 11.2. The number of nitrogens with two attached hydrogens (primary N) is 1. The molecular weight excluding hydrogens is 331 g/mol. The molecule has 138 valence electrons. The van der Waals surface area contributed by atoms with Gasteiger partial charge in [-0.05, 0) is 61.4 Å². The summed E-state index contributed by atoms with van der Waals surface area (Å²) in [6.45, 7) is 2.58. The van der Waals surface area contributed by atoms with Gasteiger partial charge in [0, 0.05) is 12.1 Å². The lowest BCUT2D eigenvalue weighted by Gasteiger charge is -2.23. The van der Waals surface area contributed by atoms with Gasteiger partial charge in [-0.3, -0.25) is 4.79 Å². The average molecular weight is 356 g/mol. The molecule has 26 heavy (non-hydrogen) atoms. The Morgan fingerprint density at radius 1 is 1.15 bits per heavy atom. The van der Waals surface area contributed by atoms with Crippen molar-refractivity contribution in [2.45, 2.75) is 51.8 Å². The Hall–Kier alpha value is -2.40. The second-order valence-electron chi connectivity index (χ2n) is 6.77. The fourth-order valence-corrected chi connectivity index (χ4v) is 3.34. The molecule has 1 aliphatic rings. The number of hydrogen-bond acceptors (Lipinski definition) is 3. The van der Waals surface area contributed by atoms with Crippen molar-refractivity contribution in [2.24, 2.45) is 5.73 Å². The predicted molar refractivity (Wildman–Crippen MR) is 99.3 cm³/mol. The molecular formula is C21H25FN2O2. The van der Waals surface area contributed by atoms with Gasteiger partial charge in [-0.25, -0.2) is 4.39 Å². The van der Waals surface area contributed by atoms with E-state index in [-0.39, 0.29) is 24.4 Å². The van der Waals surface area contributed by atoms with Crippen LogP contribution in [0.4, 0.5) is 4.39 Å². The first-order valence-electron chi connectivity index (χ1n) is 9.09. The van der Waals surface area contributed by atoms with E-state index in [1.54, 1.807) is 19.1 Å². The van der Waals surface area contributed by atoms with Crippen LogP contribution in [0, 0.1) is 5.82 Å². The molecule has 0 saturated carbocycles. The fraction of sp³-hybridized carbons (Fsp3) is 0.381. The zero-order valence-electron chi connectivity index (χ0n) is 15.1. The summed E-state index contributed by atoms with van der Waals surface area (Å²) in [5, 5.41) is 3.17. The molecule has 0 fully saturated rings. The minimum atomic E-state index is -0.369. The molecule has 1 amide bonds. The molecule has 2 aromatic carbocycles. The largest absolute Gasteiger partial charge is 0.489 e. The highest BCUT2D eigenvalue weighted by Gasteiger charge is 2.19. The van der Waals surface area contributed by atoms with E-state index in [4.69, 9.17) is 10.5 Å². The minimum Gasteiger partial charge on any atom is -0.489 e. The number of carbonyl (C=O) groups excluding carboxylic acids is 1. The number of carbonyl (C=O) groups is 1. The fourth-order valence-electron chi connectivity index (χ4n) is 3.34. The van der Waals surface area contributed by atoms with Gasteiger partial charge in [0.1, 0.15) is 18.2 Å². The first-order chi connectivity index (χ1) is 12.6. The van der Waals surface area contributed by atoms with E-state index in [2.05, 4.69) is 5.32 Å². The maximum absolute atomic E-state index is 13.8. The number of benzene rings is 2. The summed E-state index contributed by atoms with van der Waals surface area (Å²) in [5.41, 5.74) is 9.53. The molecule has 1 atom stereocenters. The Labute approximate surface area is 153 Å². The van der Waals surface area contributed by atoms with Crippen LogP contribution >= 0.6 is 0 Å². The molecule has 0 aromatic heterocycles. The van der Waals surface area contributed by atoms with Crippen molar-refractivity contribution in [3.8, 4) is 5.75 Å². The lowest BCUT2D eigenvalue weighted by Crippen LogP contribution is -2.38. The van der Waals surface area contributed by atoms with Gasteiger partial charge in [0.15, 0.2) is 0 Å². The molecule has 0 bridgehead atoms. The second kappa shape index (κ2) is 8.32. The highest BCUT2D eigenvalue weighted by Crippen LogP contribution is 2.33. The van der Waals surface area contributed by atoms with Crippen molar-refractivity contribution < 1.29 is 13.9 Å². The van der Waals surface area contributed by atoms with Crippen LogP contribution in [0.3, 0.4) is 0 Å². The van der Waals surface area contributed by atoms with Crippen LogP contribution in [0.5, 0.6) is 5.75 Å². The first kappa shape index (κ1) is 18.4. The molecule has 1 aliphatic carbocycles. The van der Waals surface area contributed by atoms with Crippen LogP contribution in [0.1, 0.15) is 42.0 Å². The third kappa shape index (κ3) is 4.22. The maximum Gasteiger partial charge on any atom is 0.234 e. The van der Waals surface area contributed by atoms with Crippen LogP contribution in [0.25, 0.3) is 0 Å². The lowest BCUT2D eigenvalue weighted by molar-refractivity contribution is -0.119. The number of amides is 1. The van der Waals surface area contributed by atoms with Gasteiger partial charge in [0.05, 0.1) is 6.04 Å². The number of rotatable bonds is 7. The summed E-state index contributed by atoms with van der Waals surface area (Å²) in [7, 11) is 0. The van der Waals surface area contributed by atoms with Gasteiger partial charge in [-0.15, -0.1) is 0 Å². The van der Waals surface area contributed by atoms with Crippen LogP contribution < -0.4 is 15.8 Å². The van der Waals surface area contributed by atoms with E-state index in [1.807, 2.05) is 18.2 Å². The van der Waals surface area contributed by atoms with Crippen molar-refractivity contribution >= 4 is 5.91 Å². The topological polar surface area (TPSA) is 64.3 Å². The smallest absolute Gasteiger partial charge is 0.234 e. The molecule has 3 N–H and O–H groups in total. The molecule has 3 rings (SSSR count). The van der Waals surface area contributed by atoms with Crippen molar-refractivity contribution in [1.29, 1.82) is 0 Å². The molecule has 0 radical (unpaired) electrons. The molecule has 2 aromatic rings. The predicted octanol–water partition coefficient (Wildman–Crippen LogP) is 3.25. The highest BCUT2D eigenvalue weighted by atomic mass is 19.1. The Morgan fingerprint density at radius 2 is 1.88 bits per heavy atom. The third-order valence-electron chi connectivity index (χ3n) is 4.96. The second-order valence-corrected chi connectivity index (χ2v) is 6.77. The van der Waals surface area contributed by atoms with Crippen LogP contribution in [0.2, 0.25) is 0 Å². The first-order valence-corrected chi connectivity index (χ1v) is 9.09. The number of halogens is 1. The minimum absolute atomic E-state index is 0.218. The Balaban J connectivity index is 1.77. The number of primary amides is 1. The molecule has 0 unspecified atom stereocenters. The monoisotopic (exact) mass is 356 g/mol. The van der Waals surface area contributed by atoms with Crippen molar-refractivity contribution in [2.75, 3.05) is 0 Å². The number of ether oxygens (including phenoxy) is 1. The summed E-state index contributed by atoms with van der Waals surface area (Å²) < 4.78 is 19.8. The number of nitrogens with one attached hydrogen (secondary N) is 1. The SMILES string of the molecule is C[C@H](NCc1ccc(OCc2ccccc2F)c2c1CCCC2)C(N)=O. The Kier molecular flexibility index (Phi) is 5.89. The Bertz CT molecular complexity index is 792. The molecule has 0 heterocycles. The zero-order valence-corrected chi connectivity index (χ0v) is 15.1. The van der Waals surface area contributed by atoms with E-state index in [0.29, 0.717) is 12.1 Å². The molecule has 5 heteroatoms. The average Bonchev–Trinajstić information content (AvgIpc) is 2.65. The van der Waals surface area contributed by atoms with Gasteiger partial charge in [-0.2, -0.15) is 0 Å². The van der Waals surface area contributed by atoms with E-state index >= 15 is 0 Å². The van der Waals surface area contributed by atoms with E-state index in [0.717, 1.165) is 31.4 Å². The molecule has 0 saturated heterocycles. The normalized spacial score (nSPS) is 14.5. The highest BCUT2D eigenvalue weighted by molar-refractivity contribution is 5.79. The quantitative estimate of drug-likeness (QED) is 0.800. The number of fused-ring (bicyclic) bond motifs is 1. The number of hydrogen-bond donors (Lipinski definition) is 2. The van der Waals surface area contributed by atoms with Gasteiger partial charge >= 0.3 is 0 Å². The summed E-state index contributed by atoms with van der Waals surface area (Å²) in [5.74, 6) is 0.223.